The van der Waals surface area contributed by atoms with Gasteiger partial charge in [0, 0.05) is 19.1 Å². The van der Waals surface area contributed by atoms with Gasteiger partial charge >= 0.3 is 0 Å². The molecule has 0 saturated carbocycles. The molecule has 0 aliphatic rings. The van der Waals surface area contributed by atoms with Gasteiger partial charge in [0.05, 0.1) is 12.3 Å². The Labute approximate surface area is 179 Å². The Morgan fingerprint density at radius 1 is 1.03 bits per heavy atom. The molecule has 0 amide bonds. The van der Waals surface area contributed by atoms with Crippen LogP contribution in [0, 0.1) is 12.7 Å². The molecule has 0 unspecified atom stereocenters. The molecule has 6 nitrogen and oxygen atoms in total. The van der Waals surface area contributed by atoms with Crippen LogP contribution in [0.3, 0.4) is 0 Å². The molecule has 0 aliphatic carbocycles. The lowest BCUT2D eigenvalue weighted by Gasteiger charge is -2.12. The van der Waals surface area contributed by atoms with Crippen LogP contribution in [-0.4, -0.2) is 27.0 Å². The van der Waals surface area contributed by atoms with Crippen molar-refractivity contribution in [2.75, 3.05) is 6.54 Å². The summed E-state index contributed by atoms with van der Waals surface area (Å²) in [4.78, 5) is 4.55. The third-order valence-electron chi connectivity index (χ3n) is 4.24. The quantitative estimate of drug-likeness (QED) is 0.418. The molecule has 164 valence electrons. The van der Waals surface area contributed by atoms with Crippen molar-refractivity contribution < 1.29 is 12.8 Å². The van der Waals surface area contributed by atoms with Crippen molar-refractivity contribution in [1.82, 2.24) is 15.4 Å². The number of hydrogen-bond donors (Lipinski definition) is 3. The second-order valence-electron chi connectivity index (χ2n) is 7.48. The number of aliphatic imine (C=N–C) groups is 1. The number of benzene rings is 2. The van der Waals surface area contributed by atoms with Crippen molar-refractivity contribution in [3.05, 3.63) is 70.5 Å². The topological polar surface area (TPSA) is 82.6 Å². The fraction of sp³-hybridized carbons (Fsp3) is 0.409. The molecule has 30 heavy (non-hydrogen) atoms. The molecule has 8 heteroatoms. The Morgan fingerprint density at radius 2 is 1.67 bits per heavy atom. The minimum atomic E-state index is -3.34. The zero-order valence-corrected chi connectivity index (χ0v) is 18.8. The van der Waals surface area contributed by atoms with E-state index in [2.05, 4.69) is 20.3 Å². The number of halogens is 1. The number of aryl methyl sites for hydroxylation is 1. The summed E-state index contributed by atoms with van der Waals surface area (Å²) in [6.07, 6.45) is 0. The van der Waals surface area contributed by atoms with Crippen LogP contribution in [0.15, 0.2) is 47.5 Å². The third kappa shape index (κ3) is 8.12. The Hall–Kier alpha value is -2.45. The van der Waals surface area contributed by atoms with Gasteiger partial charge in [0.2, 0.25) is 10.0 Å². The summed E-state index contributed by atoms with van der Waals surface area (Å²) >= 11 is 0. The fourth-order valence-corrected chi connectivity index (χ4v) is 4.31. The maximum Gasteiger partial charge on any atom is 0.216 e. The van der Waals surface area contributed by atoms with Crippen LogP contribution in [0.5, 0.6) is 0 Å². The predicted molar refractivity (Wildman–Crippen MR) is 120 cm³/mol. The van der Waals surface area contributed by atoms with Crippen LogP contribution < -0.4 is 15.4 Å². The Bertz CT molecular complexity index is 958. The lowest BCUT2D eigenvalue weighted by molar-refractivity contribution is 0.569. The van der Waals surface area contributed by atoms with Crippen LogP contribution in [0.25, 0.3) is 0 Å². The van der Waals surface area contributed by atoms with Crippen molar-refractivity contribution in [2.45, 2.75) is 52.6 Å². The number of nitrogens with zero attached hydrogens (tertiary/aromatic N) is 1. The second-order valence-corrected chi connectivity index (χ2v) is 9.23. The summed E-state index contributed by atoms with van der Waals surface area (Å²) in [5.74, 6) is 0.399. The number of guanidine groups is 1. The first-order valence-electron chi connectivity index (χ1n) is 10.0. The van der Waals surface area contributed by atoms with Crippen LogP contribution in [0.4, 0.5) is 4.39 Å². The standard InChI is InChI=1S/C22H31FN4O2S/c1-5-24-22(26-14-20-10-11-21(23)17(4)12-20)25-13-18-6-8-19(9-7-18)15-30(28,29)27-16(2)3/h6-12,16,27H,5,13-15H2,1-4H3,(H2,24,25,26). The molecule has 2 rings (SSSR count). The van der Waals surface area contributed by atoms with E-state index in [-0.39, 0.29) is 17.6 Å². The summed E-state index contributed by atoms with van der Waals surface area (Å²) in [5, 5.41) is 6.45. The monoisotopic (exact) mass is 434 g/mol. The Morgan fingerprint density at radius 3 is 2.27 bits per heavy atom. The Kier molecular flexibility index (Phi) is 8.80. The first-order valence-corrected chi connectivity index (χ1v) is 11.7. The van der Waals surface area contributed by atoms with Gasteiger partial charge in [-0.1, -0.05) is 36.4 Å². The van der Waals surface area contributed by atoms with E-state index < -0.39 is 10.0 Å². The SMILES string of the molecule is CCNC(=NCc1ccc(F)c(C)c1)NCc1ccc(CS(=O)(=O)NC(C)C)cc1. The van der Waals surface area contributed by atoms with Gasteiger partial charge in [-0.3, -0.25) is 0 Å². The van der Waals surface area contributed by atoms with Gasteiger partial charge < -0.3 is 10.6 Å². The van der Waals surface area contributed by atoms with Crippen molar-refractivity contribution in [3.8, 4) is 0 Å². The van der Waals surface area contributed by atoms with Gasteiger partial charge in [-0.05, 0) is 56.0 Å². The zero-order valence-electron chi connectivity index (χ0n) is 18.0. The number of sulfonamides is 1. The molecule has 0 atom stereocenters. The summed E-state index contributed by atoms with van der Waals surface area (Å²) in [6.45, 7) is 9.02. The smallest absolute Gasteiger partial charge is 0.216 e. The molecule has 0 fully saturated rings. The van der Waals surface area contributed by atoms with E-state index in [1.165, 1.54) is 6.07 Å². The molecule has 0 aromatic heterocycles. The highest BCUT2D eigenvalue weighted by Gasteiger charge is 2.12. The normalized spacial score (nSPS) is 12.3. The van der Waals surface area contributed by atoms with Crippen LogP contribution in [-0.2, 0) is 28.9 Å². The summed E-state index contributed by atoms with van der Waals surface area (Å²) in [7, 11) is -3.34. The molecule has 0 aliphatic heterocycles. The Balaban J connectivity index is 1.96. The molecule has 0 radical (unpaired) electrons. The molecular formula is C22H31FN4O2S. The van der Waals surface area contributed by atoms with E-state index in [0.29, 0.717) is 31.2 Å². The number of rotatable bonds is 9. The second kappa shape index (κ2) is 11.1. The van der Waals surface area contributed by atoms with E-state index in [4.69, 9.17) is 0 Å². The van der Waals surface area contributed by atoms with Gasteiger partial charge in [-0.25, -0.2) is 22.5 Å². The van der Waals surface area contributed by atoms with E-state index in [9.17, 15) is 12.8 Å². The minimum absolute atomic E-state index is 0.0416. The highest BCUT2D eigenvalue weighted by atomic mass is 32.2. The summed E-state index contributed by atoms with van der Waals surface area (Å²) in [6, 6.07) is 12.3. The molecule has 0 spiro atoms. The summed E-state index contributed by atoms with van der Waals surface area (Å²) < 4.78 is 40.1. The molecule has 0 heterocycles. The van der Waals surface area contributed by atoms with Crippen molar-refractivity contribution in [1.29, 1.82) is 0 Å². The van der Waals surface area contributed by atoms with E-state index in [1.54, 1.807) is 32.9 Å². The largest absolute Gasteiger partial charge is 0.357 e. The lowest BCUT2D eigenvalue weighted by atomic mass is 10.1. The maximum absolute atomic E-state index is 13.4. The minimum Gasteiger partial charge on any atom is -0.357 e. The number of hydrogen-bond acceptors (Lipinski definition) is 3. The van der Waals surface area contributed by atoms with Crippen LogP contribution >= 0.6 is 0 Å². The third-order valence-corrected chi connectivity index (χ3v) is 5.79. The predicted octanol–water partition coefficient (Wildman–Crippen LogP) is 3.22. The van der Waals surface area contributed by atoms with Gasteiger partial charge in [-0.15, -0.1) is 0 Å². The van der Waals surface area contributed by atoms with Crippen LogP contribution in [0.2, 0.25) is 0 Å². The van der Waals surface area contributed by atoms with Gasteiger partial charge in [0.15, 0.2) is 5.96 Å². The van der Waals surface area contributed by atoms with Crippen molar-refractivity contribution in [2.24, 2.45) is 4.99 Å². The van der Waals surface area contributed by atoms with Crippen molar-refractivity contribution in [3.63, 3.8) is 0 Å². The summed E-state index contributed by atoms with van der Waals surface area (Å²) in [5.41, 5.74) is 3.29. The lowest BCUT2D eigenvalue weighted by Crippen LogP contribution is -2.36. The molecule has 2 aromatic rings. The van der Waals surface area contributed by atoms with Crippen LogP contribution in [0.1, 0.15) is 43.0 Å². The van der Waals surface area contributed by atoms with Gasteiger partial charge in [0.1, 0.15) is 5.82 Å². The average Bonchev–Trinajstić information content (AvgIpc) is 2.66. The fourth-order valence-electron chi connectivity index (χ4n) is 2.88. The maximum atomic E-state index is 13.4. The molecule has 3 N–H and O–H groups in total. The average molecular weight is 435 g/mol. The van der Waals surface area contributed by atoms with Gasteiger partial charge in [-0.2, -0.15) is 0 Å². The van der Waals surface area contributed by atoms with E-state index in [1.807, 2.05) is 31.2 Å². The number of nitrogens with one attached hydrogen (secondary N) is 3. The van der Waals surface area contributed by atoms with Gasteiger partial charge in [0.25, 0.3) is 0 Å². The first kappa shape index (κ1) is 23.8. The molecule has 2 aromatic carbocycles. The van der Waals surface area contributed by atoms with E-state index >= 15 is 0 Å². The molecular weight excluding hydrogens is 403 g/mol. The molecule has 0 bridgehead atoms. The molecule has 0 saturated heterocycles. The van der Waals surface area contributed by atoms with Crippen molar-refractivity contribution >= 4 is 16.0 Å². The highest BCUT2D eigenvalue weighted by molar-refractivity contribution is 7.88. The highest BCUT2D eigenvalue weighted by Crippen LogP contribution is 2.11. The van der Waals surface area contributed by atoms with E-state index in [0.717, 1.165) is 16.7 Å². The zero-order chi connectivity index (χ0) is 22.1. The first-order chi connectivity index (χ1) is 14.2.